The lowest BCUT2D eigenvalue weighted by Gasteiger charge is -2.40. The van der Waals surface area contributed by atoms with Crippen LogP contribution in [0.25, 0.3) is 0 Å². The third-order valence-corrected chi connectivity index (χ3v) is 3.69. The quantitative estimate of drug-likeness (QED) is 0.179. The minimum Gasteiger partial charge on any atom is -0.394 e. The monoisotopic (exact) mass is 401 g/mol. The lowest BCUT2D eigenvalue weighted by molar-refractivity contribution is -0.253. The summed E-state index contributed by atoms with van der Waals surface area (Å²) in [5.41, 5.74) is 0. The molecule has 13 heteroatoms. The fraction of sp³-hybridized carbons (Fsp3) is 0.857. The van der Waals surface area contributed by atoms with Crippen LogP contribution in [-0.4, -0.2) is 126 Å². The van der Waals surface area contributed by atoms with Crippen LogP contribution in [-0.2, 0) is 14.3 Å². The van der Waals surface area contributed by atoms with Gasteiger partial charge in [0, 0.05) is 6.92 Å². The molecule has 10 N–H and O–H groups in total. The van der Waals surface area contributed by atoms with E-state index in [0.717, 1.165) is 0 Å². The van der Waals surface area contributed by atoms with Gasteiger partial charge < -0.3 is 60.8 Å². The molecule has 0 aliphatic carbocycles. The van der Waals surface area contributed by atoms with Crippen LogP contribution in [0.1, 0.15) is 6.92 Å². The average Bonchev–Trinajstić information content (AvgIpc) is 2.65. The van der Waals surface area contributed by atoms with Crippen molar-refractivity contribution < 1.29 is 60.3 Å². The molecule has 27 heavy (non-hydrogen) atoms. The molecule has 1 amide bonds. The van der Waals surface area contributed by atoms with E-state index in [0.29, 0.717) is 0 Å². The molecular formula is C14H27NO12. The van der Waals surface area contributed by atoms with Gasteiger partial charge >= 0.3 is 0 Å². The molecule has 0 radical (unpaired) electrons. The minimum atomic E-state index is -1.79. The van der Waals surface area contributed by atoms with Crippen molar-refractivity contribution in [3.05, 3.63) is 0 Å². The zero-order valence-corrected chi connectivity index (χ0v) is 14.4. The molecule has 1 heterocycles. The third-order valence-electron chi connectivity index (χ3n) is 3.69. The highest BCUT2D eigenvalue weighted by Gasteiger charge is 2.43. The van der Waals surface area contributed by atoms with Gasteiger partial charge in [0.1, 0.15) is 48.8 Å². The van der Waals surface area contributed by atoms with Crippen LogP contribution in [0.5, 0.6) is 0 Å². The maximum Gasteiger partial charge on any atom is 0.217 e. The maximum atomic E-state index is 10.7. The van der Waals surface area contributed by atoms with Crippen molar-refractivity contribution in [2.45, 2.75) is 62.0 Å². The van der Waals surface area contributed by atoms with Crippen molar-refractivity contribution in [1.29, 1.82) is 0 Å². The van der Waals surface area contributed by atoms with Gasteiger partial charge in [-0.1, -0.05) is 0 Å². The Morgan fingerprint density at radius 2 is 1.63 bits per heavy atom. The van der Waals surface area contributed by atoms with E-state index in [1.165, 1.54) is 6.92 Å². The molecule has 0 aromatic carbocycles. The second-order valence-corrected chi connectivity index (χ2v) is 5.81. The summed E-state index contributed by atoms with van der Waals surface area (Å²) in [6.45, 7) is -0.0736. The van der Waals surface area contributed by atoms with Crippen molar-refractivity contribution >= 4 is 12.2 Å². The van der Waals surface area contributed by atoms with E-state index in [-0.39, 0.29) is 6.29 Å². The first-order chi connectivity index (χ1) is 12.5. The van der Waals surface area contributed by atoms with Gasteiger partial charge in [-0.3, -0.25) is 4.79 Å². The van der Waals surface area contributed by atoms with Crippen LogP contribution < -0.4 is 5.32 Å². The van der Waals surface area contributed by atoms with Crippen molar-refractivity contribution in [2.75, 3.05) is 13.2 Å². The molecule has 13 nitrogen and oxygen atoms in total. The van der Waals surface area contributed by atoms with Gasteiger partial charge in [-0.2, -0.15) is 0 Å². The molecule has 1 aliphatic rings. The van der Waals surface area contributed by atoms with Crippen molar-refractivity contribution in [3.8, 4) is 0 Å². The number of hydrogen-bond acceptors (Lipinski definition) is 12. The summed E-state index contributed by atoms with van der Waals surface area (Å²) in [5.74, 6) is -0.462. The van der Waals surface area contributed by atoms with Crippen LogP contribution in [0, 0.1) is 0 Å². The minimum absolute atomic E-state index is 0.0258. The predicted octanol–water partition coefficient (Wildman–Crippen LogP) is -6.46. The SMILES string of the molecule is CC(=O)N[C@H]1C(O)O[C@H](CO)[C@H](O)[C@@H]1O.O=C[C@H](O)[C@@H](O)[C@@H](O)[C@H](O)CO. The Labute approximate surface area is 154 Å². The van der Waals surface area contributed by atoms with Crippen molar-refractivity contribution in [3.63, 3.8) is 0 Å². The van der Waals surface area contributed by atoms with Gasteiger partial charge in [-0.05, 0) is 0 Å². The summed E-state index contributed by atoms with van der Waals surface area (Å²) in [7, 11) is 0. The molecule has 9 atom stereocenters. The zero-order valence-electron chi connectivity index (χ0n) is 14.4. The largest absolute Gasteiger partial charge is 0.394 e. The number of hydrogen-bond donors (Lipinski definition) is 10. The molecule has 0 aromatic rings. The number of carbonyl (C=O) groups is 2. The van der Waals surface area contributed by atoms with E-state index in [1.807, 2.05) is 0 Å². The highest BCUT2D eigenvalue weighted by molar-refractivity contribution is 5.73. The molecule has 1 unspecified atom stereocenters. The lowest BCUT2D eigenvalue weighted by atomic mass is 9.97. The Hall–Kier alpha value is -1.26. The van der Waals surface area contributed by atoms with Crippen LogP contribution in [0.15, 0.2) is 0 Å². The number of ether oxygens (including phenoxy) is 1. The van der Waals surface area contributed by atoms with E-state index in [9.17, 15) is 24.9 Å². The molecule has 0 aromatic heterocycles. The summed E-state index contributed by atoms with van der Waals surface area (Å²) in [6, 6.07) is -1.10. The fourth-order valence-corrected chi connectivity index (χ4v) is 2.11. The number of aliphatic hydroxyl groups excluding tert-OH is 9. The molecule has 1 saturated heterocycles. The first-order valence-electron chi connectivity index (χ1n) is 7.87. The Morgan fingerprint density at radius 1 is 1.07 bits per heavy atom. The number of aliphatic hydroxyl groups is 9. The molecule has 1 rings (SSSR count). The summed E-state index contributed by atoms with van der Waals surface area (Å²) in [5, 5.41) is 82.9. The van der Waals surface area contributed by atoms with E-state index >= 15 is 0 Å². The van der Waals surface area contributed by atoms with Gasteiger partial charge in [0.05, 0.1) is 13.2 Å². The fourth-order valence-electron chi connectivity index (χ4n) is 2.11. The molecule has 0 spiro atoms. The Morgan fingerprint density at radius 3 is 2.04 bits per heavy atom. The molecule has 160 valence electrons. The molecule has 0 bridgehead atoms. The van der Waals surface area contributed by atoms with E-state index in [2.05, 4.69) is 5.32 Å². The summed E-state index contributed by atoms with van der Waals surface area (Å²) in [6.07, 6.45) is -12.1. The highest BCUT2D eigenvalue weighted by Crippen LogP contribution is 2.19. The van der Waals surface area contributed by atoms with Gasteiger partial charge in [-0.25, -0.2) is 0 Å². The van der Waals surface area contributed by atoms with Crippen LogP contribution in [0.4, 0.5) is 0 Å². The number of rotatable bonds is 7. The van der Waals surface area contributed by atoms with Crippen molar-refractivity contribution in [2.24, 2.45) is 0 Å². The second-order valence-electron chi connectivity index (χ2n) is 5.81. The van der Waals surface area contributed by atoms with Crippen molar-refractivity contribution in [1.82, 2.24) is 5.32 Å². The standard InChI is InChI=1S/C8H15NO6.C6H12O6/c1-3(11)9-5-7(13)6(12)4(2-10)15-8(5)14;7-1-3(9)5(11)6(12)4(10)2-8/h4-8,10,12-14H,2H2,1H3,(H,9,11);1,3-6,8-12H,2H2/t4-,5-,6+,7-,8?;3-,4+,5+,6-/m10/s1. The number of amides is 1. The van der Waals surface area contributed by atoms with E-state index in [4.69, 9.17) is 35.4 Å². The van der Waals surface area contributed by atoms with Gasteiger partial charge in [-0.15, -0.1) is 0 Å². The second kappa shape index (κ2) is 12.2. The normalized spacial score (nSPS) is 32.3. The predicted molar refractivity (Wildman–Crippen MR) is 84.8 cm³/mol. The van der Waals surface area contributed by atoms with E-state index in [1.54, 1.807) is 0 Å². The molecule has 0 saturated carbocycles. The zero-order chi connectivity index (χ0) is 21.3. The maximum absolute atomic E-state index is 10.7. The van der Waals surface area contributed by atoms with Crippen LogP contribution in [0.2, 0.25) is 0 Å². The third kappa shape index (κ3) is 7.71. The molecule has 1 aliphatic heterocycles. The Balaban J connectivity index is 0.000000516. The average molecular weight is 401 g/mol. The van der Waals surface area contributed by atoms with Gasteiger partial charge in [0.25, 0.3) is 0 Å². The summed E-state index contributed by atoms with van der Waals surface area (Å²) < 4.78 is 4.81. The number of carbonyl (C=O) groups excluding carboxylic acids is 2. The Bertz CT molecular complexity index is 452. The first kappa shape index (κ1) is 25.7. The first-order valence-corrected chi connectivity index (χ1v) is 7.87. The van der Waals surface area contributed by atoms with Crippen LogP contribution >= 0.6 is 0 Å². The number of nitrogens with one attached hydrogen (secondary N) is 1. The smallest absolute Gasteiger partial charge is 0.217 e. The van der Waals surface area contributed by atoms with Gasteiger partial charge in [0.2, 0.25) is 5.91 Å². The Kier molecular flexibility index (Phi) is 11.7. The molecule has 1 fully saturated rings. The van der Waals surface area contributed by atoms with Crippen LogP contribution in [0.3, 0.4) is 0 Å². The summed E-state index contributed by atoms with van der Waals surface area (Å²) in [4.78, 5) is 20.6. The lowest BCUT2D eigenvalue weighted by Crippen LogP contribution is -2.63. The van der Waals surface area contributed by atoms with Gasteiger partial charge in [0.15, 0.2) is 12.6 Å². The topological polar surface area (TPSA) is 237 Å². The highest BCUT2D eigenvalue weighted by atomic mass is 16.6. The number of aldehydes is 1. The summed E-state index contributed by atoms with van der Waals surface area (Å²) >= 11 is 0. The van der Waals surface area contributed by atoms with E-state index < -0.39 is 74.2 Å². The molecular weight excluding hydrogens is 374 g/mol.